The standard InChI is InChI=1S/C18H20N2O.2ClH/c21-17-8-4-7-14-16-11-19-9-10-20(16)12-15(18(14)17)13-5-2-1-3-6-13;;/h1-8,15-16,19,21H,9-12H2;2*1H/t15-,16+;;/m1../s1. The van der Waals surface area contributed by atoms with Crippen molar-refractivity contribution in [3.8, 4) is 5.75 Å². The van der Waals surface area contributed by atoms with Crippen molar-refractivity contribution in [3.05, 3.63) is 65.2 Å². The van der Waals surface area contributed by atoms with Crippen molar-refractivity contribution >= 4 is 24.8 Å². The molecule has 0 radical (unpaired) electrons. The highest BCUT2D eigenvalue weighted by atomic mass is 35.5. The lowest BCUT2D eigenvalue weighted by molar-refractivity contribution is 0.142. The zero-order chi connectivity index (χ0) is 14.2. The molecule has 0 amide bonds. The molecule has 2 aliphatic rings. The van der Waals surface area contributed by atoms with Crippen molar-refractivity contribution < 1.29 is 5.11 Å². The fourth-order valence-corrected chi connectivity index (χ4v) is 3.80. The molecule has 2 aliphatic heterocycles. The fourth-order valence-electron chi connectivity index (χ4n) is 3.80. The van der Waals surface area contributed by atoms with Gasteiger partial charge < -0.3 is 10.4 Å². The smallest absolute Gasteiger partial charge is 0.119 e. The summed E-state index contributed by atoms with van der Waals surface area (Å²) in [5.41, 5.74) is 3.69. The maximum Gasteiger partial charge on any atom is 0.119 e. The van der Waals surface area contributed by atoms with E-state index in [1.165, 1.54) is 11.1 Å². The second kappa shape index (κ2) is 7.54. The van der Waals surface area contributed by atoms with E-state index in [1.54, 1.807) is 0 Å². The molecule has 0 aliphatic carbocycles. The summed E-state index contributed by atoms with van der Waals surface area (Å²) >= 11 is 0. The number of phenols is 1. The number of rotatable bonds is 1. The molecular formula is C18H22Cl2N2O. The summed E-state index contributed by atoms with van der Waals surface area (Å²) in [4.78, 5) is 2.55. The van der Waals surface area contributed by atoms with Crippen LogP contribution in [0.5, 0.6) is 5.75 Å². The van der Waals surface area contributed by atoms with Gasteiger partial charge in [-0.2, -0.15) is 0 Å². The lowest BCUT2D eigenvalue weighted by Crippen LogP contribution is -2.50. The van der Waals surface area contributed by atoms with E-state index in [2.05, 4.69) is 40.5 Å². The van der Waals surface area contributed by atoms with E-state index in [0.717, 1.165) is 31.7 Å². The number of benzene rings is 2. The molecule has 124 valence electrons. The number of halogens is 2. The molecule has 0 aromatic heterocycles. The van der Waals surface area contributed by atoms with Crippen LogP contribution in [0.2, 0.25) is 0 Å². The Morgan fingerprint density at radius 2 is 1.78 bits per heavy atom. The summed E-state index contributed by atoms with van der Waals surface area (Å²) in [6.45, 7) is 4.08. The van der Waals surface area contributed by atoms with Crippen molar-refractivity contribution in [2.24, 2.45) is 0 Å². The number of hydrogen-bond donors (Lipinski definition) is 2. The molecule has 5 heteroatoms. The molecule has 2 aromatic rings. The number of nitrogens with zero attached hydrogens (tertiary/aromatic N) is 1. The normalized spacial score (nSPS) is 23.0. The highest BCUT2D eigenvalue weighted by Crippen LogP contribution is 2.43. The first-order chi connectivity index (χ1) is 10.3. The van der Waals surface area contributed by atoms with E-state index in [-0.39, 0.29) is 30.7 Å². The Morgan fingerprint density at radius 3 is 2.57 bits per heavy atom. The second-order valence-corrected chi connectivity index (χ2v) is 5.96. The summed E-state index contributed by atoms with van der Waals surface area (Å²) in [5, 5.41) is 13.9. The van der Waals surface area contributed by atoms with Crippen LogP contribution in [0.25, 0.3) is 0 Å². The van der Waals surface area contributed by atoms with Gasteiger partial charge in [0.15, 0.2) is 0 Å². The topological polar surface area (TPSA) is 35.5 Å². The third-order valence-electron chi connectivity index (χ3n) is 4.80. The van der Waals surface area contributed by atoms with Gasteiger partial charge in [0.1, 0.15) is 5.75 Å². The first kappa shape index (κ1) is 18.1. The van der Waals surface area contributed by atoms with Gasteiger partial charge in [0.05, 0.1) is 0 Å². The SMILES string of the molecule is Cl.Cl.Oc1cccc2c1[C@@H](c1ccccc1)CN1CCNC[C@@H]21. The second-order valence-electron chi connectivity index (χ2n) is 5.96. The third-order valence-corrected chi connectivity index (χ3v) is 4.80. The molecule has 23 heavy (non-hydrogen) atoms. The van der Waals surface area contributed by atoms with Gasteiger partial charge in [-0.1, -0.05) is 42.5 Å². The molecule has 2 N–H and O–H groups in total. The first-order valence-electron chi connectivity index (χ1n) is 7.66. The van der Waals surface area contributed by atoms with Gasteiger partial charge in [0.25, 0.3) is 0 Å². The fraction of sp³-hybridized carbons (Fsp3) is 0.333. The number of piperazine rings is 1. The Morgan fingerprint density at radius 1 is 1.00 bits per heavy atom. The maximum absolute atomic E-state index is 10.4. The monoisotopic (exact) mass is 352 g/mol. The molecule has 0 unspecified atom stereocenters. The van der Waals surface area contributed by atoms with Gasteiger partial charge >= 0.3 is 0 Å². The van der Waals surface area contributed by atoms with Gasteiger partial charge in [-0.05, 0) is 17.2 Å². The highest BCUT2D eigenvalue weighted by Gasteiger charge is 2.36. The quantitative estimate of drug-likeness (QED) is 0.826. The highest BCUT2D eigenvalue weighted by molar-refractivity contribution is 5.85. The Balaban J connectivity index is 0.000000960. The molecule has 2 atom stereocenters. The largest absolute Gasteiger partial charge is 0.508 e. The summed E-state index contributed by atoms with van der Waals surface area (Å²) in [5.74, 6) is 0.698. The zero-order valence-electron chi connectivity index (χ0n) is 12.8. The Bertz CT molecular complexity index is 651. The van der Waals surface area contributed by atoms with Crippen LogP contribution in [0.3, 0.4) is 0 Å². The van der Waals surface area contributed by atoms with E-state index in [0.29, 0.717) is 11.8 Å². The van der Waals surface area contributed by atoms with Crippen molar-refractivity contribution in [2.75, 3.05) is 26.2 Å². The molecule has 0 saturated carbocycles. The first-order valence-corrected chi connectivity index (χ1v) is 7.66. The molecule has 1 saturated heterocycles. The lowest BCUT2D eigenvalue weighted by atomic mass is 9.80. The van der Waals surface area contributed by atoms with Crippen LogP contribution in [-0.4, -0.2) is 36.2 Å². The number of nitrogens with one attached hydrogen (secondary N) is 1. The summed E-state index contributed by atoms with van der Waals surface area (Å²) < 4.78 is 0. The molecule has 3 nitrogen and oxygen atoms in total. The van der Waals surface area contributed by atoms with Crippen LogP contribution in [0.4, 0.5) is 0 Å². The summed E-state index contributed by atoms with van der Waals surface area (Å²) in [6, 6.07) is 16.9. The number of fused-ring (bicyclic) bond motifs is 3. The van der Waals surface area contributed by atoms with Crippen molar-refractivity contribution in [2.45, 2.75) is 12.0 Å². The Kier molecular flexibility index (Phi) is 5.93. The van der Waals surface area contributed by atoms with Crippen LogP contribution < -0.4 is 5.32 Å². The van der Waals surface area contributed by atoms with Gasteiger partial charge in [-0.15, -0.1) is 24.8 Å². The van der Waals surface area contributed by atoms with Crippen LogP contribution in [0, 0.1) is 0 Å². The predicted molar refractivity (Wildman–Crippen MR) is 98.1 cm³/mol. The number of phenolic OH excluding ortho intramolecular Hbond substituents is 1. The van der Waals surface area contributed by atoms with Gasteiger partial charge in [0, 0.05) is 43.7 Å². The van der Waals surface area contributed by atoms with Gasteiger partial charge in [0.2, 0.25) is 0 Å². The minimum Gasteiger partial charge on any atom is -0.508 e. The third kappa shape index (κ3) is 3.20. The van der Waals surface area contributed by atoms with E-state index in [4.69, 9.17) is 0 Å². The maximum atomic E-state index is 10.4. The average molecular weight is 353 g/mol. The molecular weight excluding hydrogens is 331 g/mol. The minimum absolute atomic E-state index is 0. The number of hydrogen-bond acceptors (Lipinski definition) is 3. The Labute approximate surface area is 149 Å². The van der Waals surface area contributed by atoms with Gasteiger partial charge in [-0.3, -0.25) is 4.90 Å². The Hall–Kier alpha value is -1.26. The zero-order valence-corrected chi connectivity index (χ0v) is 14.4. The number of aromatic hydroxyl groups is 1. The summed E-state index contributed by atoms with van der Waals surface area (Å²) in [6.07, 6.45) is 0. The van der Waals surface area contributed by atoms with Crippen LogP contribution in [0.1, 0.15) is 28.7 Å². The van der Waals surface area contributed by atoms with E-state index in [1.807, 2.05) is 18.2 Å². The minimum atomic E-state index is 0. The molecule has 0 bridgehead atoms. The average Bonchev–Trinajstić information content (AvgIpc) is 2.55. The molecule has 1 fully saturated rings. The van der Waals surface area contributed by atoms with Crippen LogP contribution >= 0.6 is 24.8 Å². The van der Waals surface area contributed by atoms with Crippen molar-refractivity contribution in [3.63, 3.8) is 0 Å². The molecule has 0 spiro atoms. The van der Waals surface area contributed by atoms with E-state index < -0.39 is 0 Å². The molecule has 4 rings (SSSR count). The summed E-state index contributed by atoms with van der Waals surface area (Å²) in [7, 11) is 0. The van der Waals surface area contributed by atoms with Crippen LogP contribution in [-0.2, 0) is 0 Å². The van der Waals surface area contributed by atoms with Crippen molar-refractivity contribution in [1.82, 2.24) is 10.2 Å². The van der Waals surface area contributed by atoms with Crippen LogP contribution in [0.15, 0.2) is 48.5 Å². The van der Waals surface area contributed by atoms with Crippen molar-refractivity contribution in [1.29, 1.82) is 0 Å². The van der Waals surface area contributed by atoms with E-state index >= 15 is 0 Å². The molecule has 2 heterocycles. The lowest BCUT2D eigenvalue weighted by Gasteiger charge is -2.44. The van der Waals surface area contributed by atoms with Gasteiger partial charge in [-0.25, -0.2) is 0 Å². The van der Waals surface area contributed by atoms with E-state index in [9.17, 15) is 5.11 Å². The molecule has 2 aromatic carbocycles. The predicted octanol–water partition coefficient (Wildman–Crippen LogP) is 3.33.